The number of phenolic OH excluding ortho intramolecular Hbond substituents is 1. The summed E-state index contributed by atoms with van der Waals surface area (Å²) >= 11 is 0. The fourth-order valence-corrected chi connectivity index (χ4v) is 8.08. The number of hydrogen-bond acceptors (Lipinski definition) is 13. The molecule has 1 unspecified atom stereocenters. The molecule has 1 aliphatic rings. The number of pyridine rings is 3. The van der Waals surface area contributed by atoms with Crippen LogP contribution in [0.5, 0.6) is 5.75 Å². The number of nitrogens with one attached hydrogen (secondary N) is 1. The molecule has 0 radical (unpaired) electrons. The highest BCUT2D eigenvalue weighted by Gasteiger charge is 2.33. The molecule has 1 fully saturated rings. The second kappa shape index (κ2) is 15.6. The zero-order chi connectivity index (χ0) is 40.6. The molecular weight excluding hydrogens is 761 g/mol. The molecule has 1 aliphatic heterocycles. The standard InChI is InChI=1S/C38H39F2N11O5S/c1-5-31(53)48-15-16-49(24(19-48)10-13-42-30-17-25(11-14-43-30)57(55,56)50-21-41-20-45-50)36-26-18-28(40)34(32-27(39)7-6-8-29(32)52)46-37(26)51(38(54)47-36)35-23(4)9-12-44-33(35)22(2)3/h6-9,11-12,14,17-18,20-22,24,52H,5,10,13,15-16,19H2,1-4H3,(H,42,43). The summed E-state index contributed by atoms with van der Waals surface area (Å²) < 4.78 is 59.6. The van der Waals surface area contributed by atoms with E-state index in [2.05, 4.69) is 35.3 Å². The summed E-state index contributed by atoms with van der Waals surface area (Å²) in [6.45, 7) is 8.34. The van der Waals surface area contributed by atoms with Crippen LogP contribution in [0, 0.1) is 18.6 Å². The normalized spacial score (nSPS) is 14.8. The van der Waals surface area contributed by atoms with E-state index in [9.17, 15) is 23.1 Å². The SMILES string of the molecule is CCC(=O)N1CCN(c2nc(=O)n(-c3c(C)ccnc3C(C)C)c3nc(-c4c(O)cccc4F)c(F)cc23)C(CCNc2cc(S(=O)(=O)n3cncn3)ccn2)C1. The zero-order valence-electron chi connectivity index (χ0n) is 31.5. The second-order valence-electron chi connectivity index (χ2n) is 13.8. The molecule has 1 atom stereocenters. The van der Waals surface area contributed by atoms with Gasteiger partial charge in [0, 0.05) is 57.1 Å². The summed E-state index contributed by atoms with van der Waals surface area (Å²) in [6.07, 6.45) is 5.75. The van der Waals surface area contributed by atoms with Crippen molar-refractivity contribution in [2.45, 2.75) is 57.4 Å². The maximum atomic E-state index is 16.3. The van der Waals surface area contributed by atoms with Gasteiger partial charge < -0.3 is 20.2 Å². The van der Waals surface area contributed by atoms with Gasteiger partial charge in [-0.3, -0.25) is 9.78 Å². The number of hydrogen-bond donors (Lipinski definition) is 2. The lowest BCUT2D eigenvalue weighted by atomic mass is 10.0. The molecule has 5 aromatic heterocycles. The van der Waals surface area contributed by atoms with Crippen LogP contribution in [0.15, 0.2) is 77.2 Å². The lowest BCUT2D eigenvalue weighted by Crippen LogP contribution is -2.56. The molecular formula is C38H39F2N11O5S. The number of phenols is 1. The number of aryl methyl sites for hydroxylation is 1. The number of nitrogens with zero attached hydrogens (tertiary/aromatic N) is 10. The average molecular weight is 800 g/mol. The number of piperazine rings is 1. The first-order valence-electron chi connectivity index (χ1n) is 18.2. The minimum atomic E-state index is -4.02. The van der Waals surface area contributed by atoms with E-state index in [-0.39, 0.29) is 72.0 Å². The van der Waals surface area contributed by atoms with Crippen LogP contribution in [0.4, 0.5) is 20.4 Å². The Balaban J connectivity index is 1.33. The van der Waals surface area contributed by atoms with Crippen molar-refractivity contribution < 1.29 is 27.1 Å². The zero-order valence-corrected chi connectivity index (χ0v) is 32.3. The number of fused-ring (bicyclic) bond motifs is 1. The quantitative estimate of drug-likeness (QED) is 0.187. The van der Waals surface area contributed by atoms with Gasteiger partial charge in [0.2, 0.25) is 5.91 Å². The predicted octanol–water partition coefficient (Wildman–Crippen LogP) is 4.41. The second-order valence-corrected chi connectivity index (χ2v) is 15.6. The summed E-state index contributed by atoms with van der Waals surface area (Å²) in [5.74, 6) is -2.29. The van der Waals surface area contributed by atoms with Gasteiger partial charge in [0.1, 0.15) is 41.6 Å². The highest BCUT2D eigenvalue weighted by molar-refractivity contribution is 7.89. The minimum absolute atomic E-state index is 0.0411. The third-order valence-corrected chi connectivity index (χ3v) is 11.4. The Morgan fingerprint density at radius 2 is 1.84 bits per heavy atom. The summed E-state index contributed by atoms with van der Waals surface area (Å²) in [6, 6.07) is 8.64. The van der Waals surface area contributed by atoms with Gasteiger partial charge >= 0.3 is 5.69 Å². The maximum absolute atomic E-state index is 16.3. The number of aromatic nitrogens is 8. The van der Waals surface area contributed by atoms with Crippen LogP contribution >= 0.6 is 0 Å². The largest absolute Gasteiger partial charge is 0.507 e. The molecule has 6 aromatic rings. The van der Waals surface area contributed by atoms with E-state index in [0.29, 0.717) is 23.4 Å². The fraction of sp³-hybridized carbons (Fsp3) is 0.316. The highest BCUT2D eigenvalue weighted by atomic mass is 32.2. The Bertz CT molecular complexity index is 2640. The molecule has 16 nitrogen and oxygen atoms in total. The topological polar surface area (TPSA) is 194 Å². The molecule has 0 saturated carbocycles. The number of anilines is 2. The van der Waals surface area contributed by atoms with Crippen molar-refractivity contribution in [1.29, 1.82) is 0 Å². The molecule has 7 rings (SSSR count). The molecule has 1 aromatic carbocycles. The van der Waals surface area contributed by atoms with E-state index >= 15 is 8.78 Å². The molecule has 19 heteroatoms. The Kier molecular flexibility index (Phi) is 10.7. The molecule has 1 saturated heterocycles. The number of carbonyl (C=O) groups excluding carboxylic acids is 1. The van der Waals surface area contributed by atoms with Crippen LogP contribution in [-0.4, -0.2) is 95.2 Å². The van der Waals surface area contributed by atoms with Crippen molar-refractivity contribution in [2.24, 2.45) is 0 Å². The van der Waals surface area contributed by atoms with Gasteiger partial charge in [-0.15, -0.1) is 9.19 Å². The lowest BCUT2D eigenvalue weighted by Gasteiger charge is -2.42. The Morgan fingerprint density at radius 3 is 2.56 bits per heavy atom. The Hall–Kier alpha value is -6.37. The van der Waals surface area contributed by atoms with Gasteiger partial charge in [0.05, 0.1) is 27.2 Å². The van der Waals surface area contributed by atoms with Crippen molar-refractivity contribution in [3.05, 3.63) is 101 Å². The molecule has 0 aliphatic carbocycles. The summed E-state index contributed by atoms with van der Waals surface area (Å²) in [5.41, 5.74) is -0.159. The van der Waals surface area contributed by atoms with E-state index in [1.807, 2.05) is 18.7 Å². The average Bonchev–Trinajstić information content (AvgIpc) is 3.75. The van der Waals surface area contributed by atoms with Crippen molar-refractivity contribution >= 4 is 38.6 Å². The van der Waals surface area contributed by atoms with Crippen LogP contribution in [-0.2, 0) is 14.8 Å². The molecule has 0 bridgehead atoms. The van der Waals surface area contributed by atoms with Crippen molar-refractivity contribution in [2.75, 3.05) is 36.4 Å². The fourth-order valence-electron chi connectivity index (χ4n) is 7.03. The molecule has 296 valence electrons. The monoisotopic (exact) mass is 799 g/mol. The third-order valence-electron chi connectivity index (χ3n) is 9.82. The van der Waals surface area contributed by atoms with E-state index in [4.69, 9.17) is 0 Å². The van der Waals surface area contributed by atoms with Gasteiger partial charge in [-0.05, 0) is 55.2 Å². The first-order chi connectivity index (χ1) is 27.3. The summed E-state index contributed by atoms with van der Waals surface area (Å²) in [4.78, 5) is 52.5. The van der Waals surface area contributed by atoms with Gasteiger partial charge in [-0.25, -0.2) is 33.1 Å². The molecule has 0 spiro atoms. The maximum Gasteiger partial charge on any atom is 0.355 e. The highest BCUT2D eigenvalue weighted by Crippen LogP contribution is 2.37. The van der Waals surface area contributed by atoms with Crippen LogP contribution in [0.25, 0.3) is 28.0 Å². The summed E-state index contributed by atoms with van der Waals surface area (Å²) in [5, 5.41) is 17.7. The number of rotatable bonds is 11. The number of amides is 1. The number of carbonyl (C=O) groups is 1. The van der Waals surface area contributed by atoms with Crippen molar-refractivity contribution in [3.63, 3.8) is 0 Å². The number of benzene rings is 1. The first-order valence-corrected chi connectivity index (χ1v) is 19.7. The first kappa shape index (κ1) is 38.9. The van der Waals surface area contributed by atoms with E-state index in [1.54, 1.807) is 31.0 Å². The van der Waals surface area contributed by atoms with E-state index < -0.39 is 50.4 Å². The van der Waals surface area contributed by atoms with Gasteiger partial charge in [-0.2, -0.15) is 13.4 Å². The van der Waals surface area contributed by atoms with Gasteiger partial charge in [-0.1, -0.05) is 26.8 Å². The third kappa shape index (κ3) is 7.37. The van der Waals surface area contributed by atoms with Crippen LogP contribution < -0.4 is 15.9 Å². The molecule has 57 heavy (non-hydrogen) atoms. The predicted molar refractivity (Wildman–Crippen MR) is 207 cm³/mol. The minimum Gasteiger partial charge on any atom is -0.507 e. The molecule has 6 heterocycles. The summed E-state index contributed by atoms with van der Waals surface area (Å²) in [7, 11) is -4.02. The lowest BCUT2D eigenvalue weighted by molar-refractivity contribution is -0.131. The van der Waals surface area contributed by atoms with Gasteiger partial charge in [0.15, 0.2) is 11.5 Å². The van der Waals surface area contributed by atoms with Crippen LogP contribution in [0.3, 0.4) is 0 Å². The number of aromatic hydroxyl groups is 1. The van der Waals surface area contributed by atoms with Crippen LogP contribution in [0.2, 0.25) is 0 Å². The van der Waals surface area contributed by atoms with Gasteiger partial charge in [0.25, 0.3) is 10.0 Å². The van der Waals surface area contributed by atoms with Crippen molar-refractivity contribution in [3.8, 4) is 22.7 Å². The smallest absolute Gasteiger partial charge is 0.355 e. The molecule has 2 N–H and O–H groups in total. The van der Waals surface area contributed by atoms with E-state index in [0.717, 1.165) is 28.9 Å². The Morgan fingerprint density at radius 1 is 1.05 bits per heavy atom. The van der Waals surface area contributed by atoms with Crippen LogP contribution in [0.1, 0.15) is 50.8 Å². The number of halogens is 2. The van der Waals surface area contributed by atoms with E-state index in [1.165, 1.54) is 35.0 Å². The van der Waals surface area contributed by atoms with Crippen molar-refractivity contribution in [1.82, 2.24) is 43.6 Å². The molecule has 1 amide bonds. The Labute approximate surface area is 325 Å².